The molecule has 0 atom stereocenters. The zero-order chi connectivity index (χ0) is 13.3. The van der Waals surface area contributed by atoms with Gasteiger partial charge in [-0.3, -0.25) is 0 Å². The molecule has 0 spiro atoms. The van der Waals surface area contributed by atoms with E-state index >= 15 is 0 Å². The van der Waals surface area contributed by atoms with Gasteiger partial charge in [-0.15, -0.1) is 0 Å². The summed E-state index contributed by atoms with van der Waals surface area (Å²) in [6.07, 6.45) is 0.810. The van der Waals surface area contributed by atoms with Gasteiger partial charge in [-0.2, -0.15) is 0 Å². The third-order valence-electron chi connectivity index (χ3n) is 2.16. The second kappa shape index (κ2) is 8.44. The van der Waals surface area contributed by atoms with E-state index in [9.17, 15) is 4.79 Å². The van der Waals surface area contributed by atoms with Gasteiger partial charge >= 0.3 is 14.5 Å². The lowest BCUT2D eigenvalue weighted by molar-refractivity contribution is -0.139. The van der Waals surface area contributed by atoms with Gasteiger partial charge < -0.3 is 13.6 Å². The van der Waals surface area contributed by atoms with Gasteiger partial charge in [0, 0.05) is 24.8 Å². The predicted octanol–water partition coefficient (Wildman–Crippen LogP) is 2.64. The van der Waals surface area contributed by atoms with E-state index in [0.717, 1.165) is 6.42 Å². The normalized spacial score (nSPS) is 11.3. The maximum Gasteiger partial charge on any atom is 0.339 e. The zero-order valence-corrected chi connectivity index (χ0v) is 12.4. The van der Waals surface area contributed by atoms with Gasteiger partial charge in [0.25, 0.3) is 0 Å². The van der Waals surface area contributed by atoms with Crippen LogP contribution in [0.4, 0.5) is 0 Å². The van der Waals surface area contributed by atoms with Crippen molar-refractivity contribution < 1.29 is 18.4 Å². The van der Waals surface area contributed by atoms with Crippen LogP contribution in [0.1, 0.15) is 27.2 Å². The van der Waals surface area contributed by atoms with Gasteiger partial charge in [-0.1, -0.05) is 13.5 Å². The highest BCUT2D eigenvalue weighted by molar-refractivity contribution is 6.67. The molecular formula is C12H24O4Si. The van der Waals surface area contributed by atoms with E-state index in [0.29, 0.717) is 31.4 Å². The molecule has 0 aromatic heterocycles. The molecule has 100 valence electrons. The van der Waals surface area contributed by atoms with Crippen LogP contribution in [0.15, 0.2) is 12.2 Å². The van der Waals surface area contributed by atoms with Crippen molar-refractivity contribution in [1.29, 1.82) is 0 Å². The lowest BCUT2D eigenvalue weighted by atomic mass is 10.3. The Bertz CT molecular complexity index is 247. The Balaban J connectivity index is 4.34. The molecule has 0 heterocycles. The number of carbonyl (C=O) groups is 1. The third-order valence-corrected chi connectivity index (χ3v) is 5.03. The molecule has 0 rings (SSSR count). The van der Waals surface area contributed by atoms with Crippen molar-refractivity contribution in [2.45, 2.75) is 39.8 Å². The summed E-state index contributed by atoms with van der Waals surface area (Å²) < 4.78 is 16.3. The summed E-state index contributed by atoms with van der Waals surface area (Å²) in [7, 11) is -2.31. The fourth-order valence-electron chi connectivity index (χ4n) is 1.51. The monoisotopic (exact) mass is 260 g/mol. The molecule has 17 heavy (non-hydrogen) atoms. The van der Waals surface area contributed by atoms with Gasteiger partial charge in [0.15, 0.2) is 0 Å². The Labute approximate surface area is 105 Å². The van der Waals surface area contributed by atoms with Crippen LogP contribution in [0.5, 0.6) is 0 Å². The fraction of sp³-hybridized carbons (Fsp3) is 0.750. The summed E-state index contributed by atoms with van der Waals surface area (Å²) in [6, 6.07) is 0.456. The van der Waals surface area contributed by atoms with Gasteiger partial charge in [0.2, 0.25) is 0 Å². The van der Waals surface area contributed by atoms with Crippen LogP contribution < -0.4 is 0 Å². The topological polar surface area (TPSA) is 44.8 Å². The van der Waals surface area contributed by atoms with Crippen LogP contribution in [0.25, 0.3) is 0 Å². The van der Waals surface area contributed by atoms with Crippen molar-refractivity contribution in [1.82, 2.24) is 0 Å². The molecule has 0 amide bonds. The molecule has 4 nitrogen and oxygen atoms in total. The average molecular weight is 260 g/mol. The van der Waals surface area contributed by atoms with E-state index in [-0.39, 0.29) is 5.97 Å². The molecule has 0 bridgehead atoms. The van der Waals surface area contributed by atoms with E-state index in [1.54, 1.807) is 0 Å². The number of carbonyl (C=O) groups excluding carboxylic acids is 1. The number of hydrogen-bond acceptors (Lipinski definition) is 4. The second-order valence-electron chi connectivity index (χ2n) is 3.92. The quantitative estimate of drug-likeness (QED) is 0.363. The van der Waals surface area contributed by atoms with Crippen LogP contribution in [0.2, 0.25) is 12.6 Å². The maximum absolute atomic E-state index is 11.6. The second-order valence-corrected chi connectivity index (χ2v) is 7.11. The molecule has 0 saturated heterocycles. The standard InChI is InChI=1S/C12H24O4Si/c1-6-9-14-12(13)11(4)10-17(5,15-7-2)16-8-3/h4,6-10H2,1-3,5H3. The first-order valence-corrected chi connectivity index (χ1v) is 8.64. The Morgan fingerprint density at radius 2 is 1.71 bits per heavy atom. The molecule has 0 saturated carbocycles. The Morgan fingerprint density at radius 3 is 2.12 bits per heavy atom. The number of esters is 1. The van der Waals surface area contributed by atoms with Crippen molar-refractivity contribution in [3.63, 3.8) is 0 Å². The molecule has 0 aliphatic carbocycles. The fourth-order valence-corrected chi connectivity index (χ4v) is 3.94. The Kier molecular flexibility index (Phi) is 8.12. The molecule has 0 fully saturated rings. The molecular weight excluding hydrogens is 236 g/mol. The van der Waals surface area contributed by atoms with E-state index in [1.165, 1.54) is 0 Å². The van der Waals surface area contributed by atoms with E-state index in [2.05, 4.69) is 6.58 Å². The summed E-state index contributed by atoms with van der Waals surface area (Å²) in [4.78, 5) is 11.6. The first-order valence-electron chi connectivity index (χ1n) is 6.11. The van der Waals surface area contributed by atoms with Crippen LogP contribution >= 0.6 is 0 Å². The molecule has 0 aliphatic heterocycles. The van der Waals surface area contributed by atoms with Crippen LogP contribution in [-0.2, 0) is 18.4 Å². The van der Waals surface area contributed by atoms with E-state index in [4.69, 9.17) is 13.6 Å². The molecule has 0 aromatic carbocycles. The smallest absolute Gasteiger partial charge is 0.339 e. The highest BCUT2D eigenvalue weighted by Gasteiger charge is 2.33. The molecule has 0 N–H and O–H groups in total. The minimum atomic E-state index is -2.31. The highest BCUT2D eigenvalue weighted by Crippen LogP contribution is 2.19. The number of hydrogen-bond donors (Lipinski definition) is 0. The maximum atomic E-state index is 11.6. The van der Waals surface area contributed by atoms with Crippen LogP contribution in [0, 0.1) is 0 Å². The highest BCUT2D eigenvalue weighted by atomic mass is 28.4. The summed E-state index contributed by atoms with van der Waals surface area (Å²) in [6.45, 7) is 13.1. The molecule has 0 aromatic rings. The lowest BCUT2D eigenvalue weighted by Crippen LogP contribution is -2.39. The summed E-state index contributed by atoms with van der Waals surface area (Å²) in [5.74, 6) is -0.343. The van der Waals surface area contributed by atoms with Crippen molar-refractivity contribution in [3.8, 4) is 0 Å². The molecule has 5 heteroatoms. The van der Waals surface area contributed by atoms with Crippen molar-refractivity contribution in [2.75, 3.05) is 19.8 Å². The first-order chi connectivity index (χ1) is 7.99. The molecule has 0 radical (unpaired) electrons. The lowest BCUT2D eigenvalue weighted by Gasteiger charge is -2.26. The van der Waals surface area contributed by atoms with Gasteiger partial charge in [0.1, 0.15) is 0 Å². The summed E-state index contributed by atoms with van der Waals surface area (Å²) in [5.41, 5.74) is 0.439. The van der Waals surface area contributed by atoms with E-state index in [1.807, 2.05) is 27.3 Å². The van der Waals surface area contributed by atoms with Crippen LogP contribution in [-0.4, -0.2) is 34.4 Å². The average Bonchev–Trinajstić information content (AvgIpc) is 2.26. The molecule has 0 aliphatic rings. The largest absolute Gasteiger partial charge is 0.462 e. The Hall–Kier alpha value is -0.653. The summed E-state index contributed by atoms with van der Waals surface area (Å²) >= 11 is 0. The Morgan fingerprint density at radius 1 is 1.18 bits per heavy atom. The van der Waals surface area contributed by atoms with Gasteiger partial charge in [0.05, 0.1) is 6.61 Å². The first kappa shape index (κ1) is 16.3. The van der Waals surface area contributed by atoms with Gasteiger partial charge in [-0.05, 0) is 26.8 Å². The molecule has 0 unspecified atom stereocenters. The summed E-state index contributed by atoms with van der Waals surface area (Å²) in [5, 5.41) is 0. The number of ether oxygens (including phenoxy) is 1. The SMILES string of the molecule is C=C(C[Si](C)(OCC)OCC)C(=O)OCCC. The van der Waals surface area contributed by atoms with Gasteiger partial charge in [-0.25, -0.2) is 4.79 Å². The zero-order valence-electron chi connectivity index (χ0n) is 11.4. The van der Waals surface area contributed by atoms with Crippen LogP contribution in [0.3, 0.4) is 0 Å². The number of rotatable bonds is 9. The van der Waals surface area contributed by atoms with Crippen molar-refractivity contribution >= 4 is 14.5 Å². The third kappa shape index (κ3) is 6.60. The van der Waals surface area contributed by atoms with Crippen molar-refractivity contribution in [3.05, 3.63) is 12.2 Å². The van der Waals surface area contributed by atoms with E-state index < -0.39 is 8.56 Å². The minimum Gasteiger partial charge on any atom is -0.462 e. The predicted molar refractivity (Wildman–Crippen MR) is 70.1 cm³/mol. The van der Waals surface area contributed by atoms with Crippen molar-refractivity contribution in [2.24, 2.45) is 0 Å². The minimum absolute atomic E-state index is 0.343.